The third-order valence-electron chi connectivity index (χ3n) is 5.32. The minimum atomic E-state index is -0.339. The fourth-order valence-electron chi connectivity index (χ4n) is 3.80. The van der Waals surface area contributed by atoms with Crippen molar-refractivity contribution >= 4 is 28.4 Å². The van der Waals surface area contributed by atoms with Gasteiger partial charge in [-0.05, 0) is 44.0 Å². The van der Waals surface area contributed by atoms with Crippen molar-refractivity contribution in [3.8, 4) is 0 Å². The summed E-state index contributed by atoms with van der Waals surface area (Å²) in [4.78, 5) is 32.6. The summed E-state index contributed by atoms with van der Waals surface area (Å²) in [5, 5.41) is 1.04. The predicted molar refractivity (Wildman–Crippen MR) is 123 cm³/mol. The van der Waals surface area contributed by atoms with E-state index in [1.807, 2.05) is 51.1 Å². The molecule has 3 aromatic rings. The molecule has 0 saturated carbocycles. The SMILES string of the molecule is CCC(c1nc2cc(Cl)ccc2c(=O)n1CC)N(CC)C(=O)COCc1ccccc1. The van der Waals surface area contributed by atoms with Gasteiger partial charge in [0, 0.05) is 18.1 Å². The molecule has 164 valence electrons. The molecular formula is C24H28ClN3O3. The lowest BCUT2D eigenvalue weighted by Crippen LogP contribution is -2.40. The van der Waals surface area contributed by atoms with Crippen LogP contribution < -0.4 is 5.56 Å². The van der Waals surface area contributed by atoms with E-state index in [0.29, 0.717) is 47.9 Å². The van der Waals surface area contributed by atoms with Crippen LogP contribution in [0.15, 0.2) is 53.3 Å². The van der Waals surface area contributed by atoms with E-state index >= 15 is 0 Å². The molecule has 7 heteroatoms. The van der Waals surface area contributed by atoms with Crippen molar-refractivity contribution in [1.82, 2.24) is 14.5 Å². The van der Waals surface area contributed by atoms with E-state index in [-0.39, 0.29) is 24.1 Å². The highest BCUT2D eigenvalue weighted by Crippen LogP contribution is 2.25. The molecule has 0 spiro atoms. The molecule has 1 aromatic heterocycles. The molecule has 0 N–H and O–H groups in total. The molecule has 1 atom stereocenters. The number of rotatable bonds is 9. The zero-order valence-electron chi connectivity index (χ0n) is 18.2. The van der Waals surface area contributed by atoms with Gasteiger partial charge in [0.15, 0.2) is 0 Å². The minimum absolute atomic E-state index is 0.0327. The molecule has 0 saturated heterocycles. The van der Waals surface area contributed by atoms with E-state index in [2.05, 4.69) is 0 Å². The van der Waals surface area contributed by atoms with Crippen molar-refractivity contribution in [1.29, 1.82) is 0 Å². The van der Waals surface area contributed by atoms with Crippen molar-refractivity contribution in [2.45, 2.75) is 46.4 Å². The van der Waals surface area contributed by atoms with Crippen LogP contribution in [-0.4, -0.2) is 33.5 Å². The first-order valence-electron chi connectivity index (χ1n) is 10.6. The Kier molecular flexibility index (Phi) is 7.82. The topological polar surface area (TPSA) is 64.4 Å². The van der Waals surface area contributed by atoms with E-state index in [4.69, 9.17) is 21.3 Å². The summed E-state index contributed by atoms with van der Waals surface area (Å²) in [5.74, 6) is 0.441. The largest absolute Gasteiger partial charge is 0.367 e. The third kappa shape index (κ3) is 5.14. The molecular weight excluding hydrogens is 414 g/mol. The summed E-state index contributed by atoms with van der Waals surface area (Å²) in [5.41, 5.74) is 1.43. The molecule has 1 heterocycles. The van der Waals surface area contributed by atoms with Crippen molar-refractivity contribution in [3.05, 3.63) is 75.3 Å². The Morgan fingerprint density at radius 1 is 1.16 bits per heavy atom. The Morgan fingerprint density at radius 2 is 1.90 bits per heavy atom. The Balaban J connectivity index is 1.88. The average molecular weight is 442 g/mol. The summed E-state index contributed by atoms with van der Waals surface area (Å²) in [6, 6.07) is 14.5. The molecule has 1 unspecified atom stereocenters. The number of nitrogens with zero attached hydrogens (tertiary/aromatic N) is 3. The molecule has 31 heavy (non-hydrogen) atoms. The molecule has 0 aliphatic rings. The number of amides is 1. The van der Waals surface area contributed by atoms with Gasteiger partial charge in [-0.3, -0.25) is 14.2 Å². The van der Waals surface area contributed by atoms with Crippen LogP contribution in [0, 0.1) is 0 Å². The Labute approximate surface area is 187 Å². The standard InChI is InChI=1S/C24H28ClN3O3/c1-4-21(27(5-2)22(29)16-31-15-17-10-8-7-9-11-17)23-26-20-14-18(25)12-13-19(20)24(30)28(23)6-3/h7-14,21H,4-6,15-16H2,1-3H3. The maximum absolute atomic E-state index is 13.1. The first-order valence-corrected chi connectivity index (χ1v) is 11.0. The van der Waals surface area contributed by atoms with E-state index in [0.717, 1.165) is 5.56 Å². The molecule has 0 fully saturated rings. The highest BCUT2D eigenvalue weighted by molar-refractivity contribution is 6.31. The van der Waals surface area contributed by atoms with Crippen molar-refractivity contribution < 1.29 is 9.53 Å². The van der Waals surface area contributed by atoms with Crippen LogP contribution in [0.3, 0.4) is 0 Å². The van der Waals surface area contributed by atoms with Crippen LogP contribution >= 0.6 is 11.6 Å². The van der Waals surface area contributed by atoms with Gasteiger partial charge in [0.25, 0.3) is 5.56 Å². The van der Waals surface area contributed by atoms with Crippen LogP contribution in [0.2, 0.25) is 5.02 Å². The molecule has 1 amide bonds. The van der Waals surface area contributed by atoms with Crippen LogP contribution in [0.4, 0.5) is 0 Å². The van der Waals surface area contributed by atoms with Gasteiger partial charge < -0.3 is 9.64 Å². The normalized spacial score (nSPS) is 12.1. The Bertz CT molecular complexity index is 1100. The summed E-state index contributed by atoms with van der Waals surface area (Å²) in [7, 11) is 0. The first kappa shape index (κ1) is 23.0. The summed E-state index contributed by atoms with van der Waals surface area (Å²) in [6.07, 6.45) is 0.622. The molecule has 0 radical (unpaired) electrons. The molecule has 6 nitrogen and oxygen atoms in total. The van der Waals surface area contributed by atoms with Crippen molar-refractivity contribution in [3.63, 3.8) is 0 Å². The van der Waals surface area contributed by atoms with E-state index < -0.39 is 0 Å². The number of carbonyl (C=O) groups excluding carboxylic acids is 1. The van der Waals surface area contributed by atoms with Gasteiger partial charge in [0.2, 0.25) is 5.91 Å². The van der Waals surface area contributed by atoms with Crippen LogP contribution in [-0.2, 0) is 22.7 Å². The predicted octanol–water partition coefficient (Wildman–Crippen LogP) is 4.59. The van der Waals surface area contributed by atoms with Gasteiger partial charge in [-0.25, -0.2) is 4.98 Å². The number of benzene rings is 2. The Morgan fingerprint density at radius 3 is 2.55 bits per heavy atom. The van der Waals surface area contributed by atoms with Crippen molar-refractivity contribution in [2.75, 3.05) is 13.2 Å². The van der Waals surface area contributed by atoms with Gasteiger partial charge in [0.1, 0.15) is 12.4 Å². The lowest BCUT2D eigenvalue weighted by atomic mass is 10.1. The van der Waals surface area contributed by atoms with Crippen LogP contribution in [0.25, 0.3) is 10.9 Å². The molecule has 2 aromatic carbocycles. The molecule has 0 aliphatic carbocycles. The zero-order valence-corrected chi connectivity index (χ0v) is 18.9. The highest BCUT2D eigenvalue weighted by atomic mass is 35.5. The summed E-state index contributed by atoms with van der Waals surface area (Å²) < 4.78 is 7.31. The summed E-state index contributed by atoms with van der Waals surface area (Å²) in [6.45, 7) is 7.10. The van der Waals surface area contributed by atoms with Gasteiger partial charge in [-0.15, -0.1) is 0 Å². The fraction of sp³-hybridized carbons (Fsp3) is 0.375. The van der Waals surface area contributed by atoms with Gasteiger partial charge in [-0.2, -0.15) is 0 Å². The molecule has 3 rings (SSSR count). The number of halogens is 1. The lowest BCUT2D eigenvalue weighted by Gasteiger charge is -2.31. The number of fused-ring (bicyclic) bond motifs is 1. The maximum atomic E-state index is 13.1. The second kappa shape index (κ2) is 10.6. The number of aromatic nitrogens is 2. The smallest absolute Gasteiger partial charge is 0.261 e. The summed E-state index contributed by atoms with van der Waals surface area (Å²) >= 11 is 6.13. The Hall–Kier alpha value is -2.70. The van der Waals surface area contributed by atoms with Crippen LogP contribution in [0.5, 0.6) is 0 Å². The lowest BCUT2D eigenvalue weighted by molar-refractivity contribution is -0.139. The minimum Gasteiger partial charge on any atom is -0.367 e. The second-order valence-electron chi connectivity index (χ2n) is 7.26. The van der Waals surface area contributed by atoms with E-state index in [1.54, 1.807) is 27.7 Å². The van der Waals surface area contributed by atoms with Gasteiger partial charge in [0.05, 0.1) is 23.6 Å². The third-order valence-corrected chi connectivity index (χ3v) is 5.56. The molecule has 0 aliphatic heterocycles. The average Bonchev–Trinajstić information content (AvgIpc) is 2.77. The number of likely N-dealkylation sites (N-methyl/N-ethyl adjacent to an activating group) is 1. The van der Waals surface area contributed by atoms with Gasteiger partial charge in [-0.1, -0.05) is 48.9 Å². The quantitative estimate of drug-likeness (QED) is 0.487. The van der Waals surface area contributed by atoms with Crippen LogP contribution in [0.1, 0.15) is 44.6 Å². The molecule has 0 bridgehead atoms. The number of ether oxygens (including phenoxy) is 1. The van der Waals surface area contributed by atoms with Gasteiger partial charge >= 0.3 is 0 Å². The zero-order chi connectivity index (χ0) is 22.4. The fourth-order valence-corrected chi connectivity index (χ4v) is 3.96. The number of hydrogen-bond acceptors (Lipinski definition) is 4. The number of carbonyl (C=O) groups is 1. The van der Waals surface area contributed by atoms with E-state index in [9.17, 15) is 9.59 Å². The second-order valence-corrected chi connectivity index (χ2v) is 7.70. The van der Waals surface area contributed by atoms with E-state index in [1.165, 1.54) is 0 Å². The maximum Gasteiger partial charge on any atom is 0.261 e. The first-order chi connectivity index (χ1) is 15.0. The number of hydrogen-bond donors (Lipinski definition) is 0. The monoisotopic (exact) mass is 441 g/mol. The van der Waals surface area contributed by atoms with Crippen molar-refractivity contribution in [2.24, 2.45) is 0 Å². The highest BCUT2D eigenvalue weighted by Gasteiger charge is 2.27.